The van der Waals surface area contributed by atoms with E-state index in [1.54, 1.807) is 5.38 Å². The maximum atomic E-state index is 11.6. The zero-order valence-electron chi connectivity index (χ0n) is 10.2. The van der Waals surface area contributed by atoms with Crippen LogP contribution in [-0.2, 0) is 4.79 Å². The van der Waals surface area contributed by atoms with Gasteiger partial charge in [-0.1, -0.05) is 6.92 Å². The molecule has 0 bridgehead atoms. The number of amides is 1. The first-order valence-electron chi connectivity index (χ1n) is 5.70. The Morgan fingerprint density at radius 2 is 2.28 bits per heavy atom. The number of hydrogen-bond donors (Lipinski definition) is 3. The van der Waals surface area contributed by atoms with Crippen LogP contribution in [0.2, 0.25) is 0 Å². The van der Waals surface area contributed by atoms with Crippen molar-refractivity contribution in [3.63, 3.8) is 0 Å². The monoisotopic (exact) mass is 271 g/mol. The number of carbonyl (C=O) groups is 2. The van der Waals surface area contributed by atoms with E-state index in [-0.39, 0.29) is 18.2 Å². The molecule has 0 saturated heterocycles. The van der Waals surface area contributed by atoms with Crippen LogP contribution in [0, 0.1) is 5.92 Å². The number of carboxylic acids is 1. The van der Waals surface area contributed by atoms with Crippen molar-refractivity contribution in [3.05, 3.63) is 11.1 Å². The molecule has 1 heterocycles. The molecular weight excluding hydrogens is 254 g/mol. The van der Waals surface area contributed by atoms with E-state index in [1.165, 1.54) is 11.3 Å². The minimum absolute atomic E-state index is 0.164. The molecule has 1 atom stereocenters. The summed E-state index contributed by atoms with van der Waals surface area (Å²) >= 11 is 1.22. The second-order valence-corrected chi connectivity index (χ2v) is 5.04. The third-order valence-corrected chi connectivity index (χ3v) is 3.20. The van der Waals surface area contributed by atoms with E-state index in [2.05, 4.69) is 10.3 Å². The number of nitrogens with two attached hydrogens (primary N) is 1. The fraction of sp³-hybridized carbons (Fsp3) is 0.545. The van der Waals surface area contributed by atoms with Crippen molar-refractivity contribution in [1.82, 2.24) is 10.3 Å². The number of anilines is 1. The third kappa shape index (κ3) is 5.13. The number of aromatic nitrogens is 1. The number of aliphatic carboxylic acids is 1. The van der Waals surface area contributed by atoms with Crippen molar-refractivity contribution in [2.24, 2.45) is 5.92 Å². The number of rotatable bonds is 7. The Balaban J connectivity index is 2.21. The highest BCUT2D eigenvalue weighted by Gasteiger charge is 2.10. The van der Waals surface area contributed by atoms with Crippen LogP contribution in [0.3, 0.4) is 0 Å². The van der Waals surface area contributed by atoms with Crippen molar-refractivity contribution in [2.75, 3.05) is 12.3 Å². The van der Waals surface area contributed by atoms with Crippen molar-refractivity contribution in [1.29, 1.82) is 0 Å². The summed E-state index contributed by atoms with van der Waals surface area (Å²) in [5.74, 6) is -0.765. The molecule has 6 nitrogen and oxygen atoms in total. The molecule has 18 heavy (non-hydrogen) atoms. The molecule has 0 aromatic carbocycles. The predicted octanol–water partition coefficient (Wildman–Crippen LogP) is 1.35. The highest BCUT2D eigenvalue weighted by atomic mass is 32.1. The van der Waals surface area contributed by atoms with Gasteiger partial charge in [-0.25, -0.2) is 4.98 Å². The van der Waals surface area contributed by atoms with E-state index in [9.17, 15) is 9.59 Å². The summed E-state index contributed by atoms with van der Waals surface area (Å²) in [5, 5.41) is 13.3. The minimum atomic E-state index is -0.788. The summed E-state index contributed by atoms with van der Waals surface area (Å²) in [6.45, 7) is 2.48. The van der Waals surface area contributed by atoms with Crippen LogP contribution < -0.4 is 11.1 Å². The Kier molecular flexibility index (Phi) is 5.57. The number of hydrogen-bond acceptors (Lipinski definition) is 5. The molecule has 100 valence electrons. The molecule has 0 radical (unpaired) electrons. The highest BCUT2D eigenvalue weighted by Crippen LogP contribution is 2.11. The van der Waals surface area contributed by atoms with Gasteiger partial charge in [-0.05, 0) is 18.8 Å². The standard InChI is InChI=1S/C11H17N3O3S/c1-7(2-3-9(15)16)4-5-13-10(17)8-6-18-11(12)14-8/h6-7H,2-5H2,1H3,(H2,12,14)(H,13,17)(H,15,16). The van der Waals surface area contributed by atoms with E-state index in [1.807, 2.05) is 6.92 Å². The van der Waals surface area contributed by atoms with Gasteiger partial charge in [0.15, 0.2) is 5.13 Å². The minimum Gasteiger partial charge on any atom is -0.481 e. The summed E-state index contributed by atoms with van der Waals surface area (Å²) < 4.78 is 0. The average molecular weight is 271 g/mol. The summed E-state index contributed by atoms with van der Waals surface area (Å²) in [5.41, 5.74) is 5.76. The Morgan fingerprint density at radius 3 is 2.83 bits per heavy atom. The molecule has 1 unspecified atom stereocenters. The lowest BCUT2D eigenvalue weighted by atomic mass is 10.0. The van der Waals surface area contributed by atoms with Crippen LogP contribution >= 0.6 is 11.3 Å². The summed E-state index contributed by atoms with van der Waals surface area (Å²) in [7, 11) is 0. The van der Waals surface area contributed by atoms with Crippen molar-refractivity contribution in [3.8, 4) is 0 Å². The van der Waals surface area contributed by atoms with E-state index >= 15 is 0 Å². The van der Waals surface area contributed by atoms with Gasteiger partial charge in [0, 0.05) is 18.3 Å². The molecular formula is C11H17N3O3S. The number of carboxylic acid groups (broad SMARTS) is 1. The van der Waals surface area contributed by atoms with Crippen LogP contribution in [0.25, 0.3) is 0 Å². The van der Waals surface area contributed by atoms with Gasteiger partial charge in [-0.15, -0.1) is 11.3 Å². The molecule has 0 aliphatic rings. The van der Waals surface area contributed by atoms with Gasteiger partial charge in [0.25, 0.3) is 5.91 Å². The van der Waals surface area contributed by atoms with Crippen LogP contribution in [0.4, 0.5) is 5.13 Å². The maximum absolute atomic E-state index is 11.6. The lowest BCUT2D eigenvalue weighted by Gasteiger charge is -2.10. The van der Waals surface area contributed by atoms with Crippen molar-refractivity contribution < 1.29 is 14.7 Å². The molecule has 1 amide bonds. The number of nitrogen functional groups attached to an aromatic ring is 1. The smallest absolute Gasteiger partial charge is 0.303 e. The molecule has 1 aromatic rings. The first-order chi connectivity index (χ1) is 8.49. The number of nitrogens with one attached hydrogen (secondary N) is 1. The van der Waals surface area contributed by atoms with E-state index in [0.717, 1.165) is 6.42 Å². The van der Waals surface area contributed by atoms with Crippen LogP contribution in [0.5, 0.6) is 0 Å². The fourth-order valence-electron chi connectivity index (χ4n) is 1.43. The Labute approximate surface area is 109 Å². The largest absolute Gasteiger partial charge is 0.481 e. The third-order valence-electron chi connectivity index (χ3n) is 2.53. The van der Waals surface area contributed by atoms with Gasteiger partial charge in [-0.2, -0.15) is 0 Å². The molecule has 0 aliphatic carbocycles. The van der Waals surface area contributed by atoms with Gasteiger partial charge in [0.05, 0.1) is 0 Å². The zero-order chi connectivity index (χ0) is 13.5. The molecule has 4 N–H and O–H groups in total. The van der Waals surface area contributed by atoms with Gasteiger partial charge >= 0.3 is 5.97 Å². The molecule has 7 heteroatoms. The van der Waals surface area contributed by atoms with E-state index in [4.69, 9.17) is 10.8 Å². The number of nitrogens with zero attached hydrogens (tertiary/aromatic N) is 1. The summed E-state index contributed by atoms with van der Waals surface area (Å²) in [6, 6.07) is 0. The molecule has 0 saturated carbocycles. The highest BCUT2D eigenvalue weighted by molar-refractivity contribution is 7.13. The topological polar surface area (TPSA) is 105 Å². The molecule has 1 rings (SSSR count). The second-order valence-electron chi connectivity index (χ2n) is 4.15. The maximum Gasteiger partial charge on any atom is 0.303 e. The number of carbonyl (C=O) groups excluding carboxylic acids is 1. The van der Waals surface area contributed by atoms with Gasteiger partial charge in [0.2, 0.25) is 0 Å². The van der Waals surface area contributed by atoms with Crippen molar-refractivity contribution in [2.45, 2.75) is 26.2 Å². The Hall–Kier alpha value is -1.63. The van der Waals surface area contributed by atoms with Crippen LogP contribution in [0.1, 0.15) is 36.7 Å². The molecule has 0 spiro atoms. The lowest BCUT2D eigenvalue weighted by Crippen LogP contribution is -2.26. The normalized spacial score (nSPS) is 12.1. The first kappa shape index (κ1) is 14.4. The predicted molar refractivity (Wildman–Crippen MR) is 69.5 cm³/mol. The van der Waals surface area contributed by atoms with Crippen molar-refractivity contribution >= 4 is 28.3 Å². The molecule has 1 aromatic heterocycles. The SMILES string of the molecule is CC(CCNC(=O)c1csc(N)n1)CCC(=O)O. The molecule has 0 aliphatic heterocycles. The Bertz CT molecular complexity index is 419. The van der Waals surface area contributed by atoms with Crippen LogP contribution in [0.15, 0.2) is 5.38 Å². The molecule has 0 fully saturated rings. The number of thiazole rings is 1. The average Bonchev–Trinajstić information content (AvgIpc) is 2.73. The van der Waals surface area contributed by atoms with Gasteiger partial charge < -0.3 is 16.2 Å². The van der Waals surface area contributed by atoms with E-state index in [0.29, 0.717) is 23.8 Å². The zero-order valence-corrected chi connectivity index (χ0v) is 11.0. The summed E-state index contributed by atoms with van der Waals surface area (Å²) in [4.78, 5) is 25.8. The van der Waals surface area contributed by atoms with Gasteiger partial charge in [-0.3, -0.25) is 9.59 Å². The summed E-state index contributed by atoms with van der Waals surface area (Å²) in [6.07, 6.45) is 1.53. The van der Waals surface area contributed by atoms with Crippen LogP contribution in [-0.4, -0.2) is 28.5 Å². The lowest BCUT2D eigenvalue weighted by molar-refractivity contribution is -0.137. The quantitative estimate of drug-likeness (QED) is 0.694. The fourth-order valence-corrected chi connectivity index (χ4v) is 1.97. The Morgan fingerprint density at radius 1 is 1.56 bits per heavy atom. The van der Waals surface area contributed by atoms with Gasteiger partial charge in [0.1, 0.15) is 5.69 Å². The second kappa shape index (κ2) is 6.95. The van der Waals surface area contributed by atoms with E-state index < -0.39 is 5.97 Å². The first-order valence-corrected chi connectivity index (χ1v) is 6.58.